The van der Waals surface area contributed by atoms with Gasteiger partial charge in [0.2, 0.25) is 10.0 Å². The highest BCUT2D eigenvalue weighted by Gasteiger charge is 2.30. The maximum Gasteiger partial charge on any atom is 0.331 e. The number of benzene rings is 1. The molecule has 1 aromatic rings. The van der Waals surface area contributed by atoms with Gasteiger partial charge in [-0.2, -0.15) is 0 Å². The summed E-state index contributed by atoms with van der Waals surface area (Å²) in [5.41, 5.74) is 1.38. The molecule has 0 saturated heterocycles. The van der Waals surface area contributed by atoms with E-state index in [1.54, 1.807) is 25.1 Å². The van der Waals surface area contributed by atoms with E-state index in [1.165, 1.54) is 7.11 Å². The predicted molar refractivity (Wildman–Crippen MR) is 97.3 cm³/mol. The Kier molecular flexibility index (Phi) is 6.13. The second kappa shape index (κ2) is 7.31. The van der Waals surface area contributed by atoms with Crippen molar-refractivity contribution in [3.63, 3.8) is 0 Å². The summed E-state index contributed by atoms with van der Waals surface area (Å²) in [7, 11) is -4.72. The molecule has 1 rings (SSSR count). The van der Waals surface area contributed by atoms with Gasteiger partial charge >= 0.3 is 5.97 Å². The molecular weight excluding hydrogens is 346 g/mol. The minimum atomic E-state index is -3.74. The zero-order valence-corrected chi connectivity index (χ0v) is 16.6. The van der Waals surface area contributed by atoms with Crippen molar-refractivity contribution in [2.45, 2.75) is 26.6 Å². The molecule has 0 N–H and O–H groups in total. The monoisotopic (exact) mass is 369 g/mol. The lowest BCUT2D eigenvalue weighted by Gasteiger charge is -2.24. The first-order valence-corrected chi connectivity index (χ1v) is 12.6. The summed E-state index contributed by atoms with van der Waals surface area (Å²) in [4.78, 5) is 24.1. The van der Waals surface area contributed by atoms with Crippen molar-refractivity contribution < 1.29 is 22.7 Å². The van der Waals surface area contributed by atoms with Gasteiger partial charge in [-0.05, 0) is 24.6 Å². The van der Waals surface area contributed by atoms with E-state index in [9.17, 15) is 18.0 Å². The minimum Gasteiger partial charge on any atom is -0.466 e. The summed E-state index contributed by atoms with van der Waals surface area (Å²) in [6.45, 7) is 7.49. The highest BCUT2D eigenvalue weighted by molar-refractivity contribution is 7.92. The zero-order chi connectivity index (χ0) is 18.7. The van der Waals surface area contributed by atoms with Crippen LogP contribution in [0.5, 0.6) is 0 Å². The maximum absolute atomic E-state index is 12.7. The molecule has 0 radical (unpaired) electrons. The third-order valence-corrected chi connectivity index (χ3v) is 5.89. The largest absolute Gasteiger partial charge is 0.466 e. The SMILES string of the molecule is COC(=O)/C=C/N(c1cc(C)ccc1C(=O)[Si](C)(C)C)S(C)(=O)=O. The number of hydrogen-bond donors (Lipinski definition) is 0. The number of methoxy groups -OCH3 is 1. The zero-order valence-electron chi connectivity index (χ0n) is 14.8. The number of ether oxygens (including phenoxy) is 1. The van der Waals surface area contributed by atoms with E-state index in [0.717, 1.165) is 28.4 Å². The van der Waals surface area contributed by atoms with Crippen molar-refractivity contribution in [2.75, 3.05) is 17.7 Å². The Hall–Kier alpha value is -1.93. The Morgan fingerprint density at radius 2 is 1.79 bits per heavy atom. The molecule has 0 atom stereocenters. The predicted octanol–water partition coefficient (Wildman–Crippen LogP) is 2.51. The van der Waals surface area contributed by atoms with Crippen LogP contribution in [0.4, 0.5) is 5.69 Å². The summed E-state index contributed by atoms with van der Waals surface area (Å²) in [5.74, 6) is -0.686. The van der Waals surface area contributed by atoms with Crippen LogP contribution in [-0.2, 0) is 19.6 Å². The van der Waals surface area contributed by atoms with Crippen molar-refractivity contribution in [2.24, 2.45) is 0 Å². The average molecular weight is 370 g/mol. The molecule has 0 fully saturated rings. The summed E-state index contributed by atoms with van der Waals surface area (Å²) >= 11 is 0. The van der Waals surface area contributed by atoms with E-state index in [0.29, 0.717) is 5.56 Å². The van der Waals surface area contributed by atoms with Crippen LogP contribution in [0.25, 0.3) is 0 Å². The van der Waals surface area contributed by atoms with Gasteiger partial charge in [0.1, 0.15) is 13.5 Å². The van der Waals surface area contributed by atoms with E-state index in [1.807, 2.05) is 19.6 Å². The first kappa shape index (κ1) is 20.1. The lowest BCUT2D eigenvalue weighted by atomic mass is 10.1. The Morgan fingerprint density at radius 3 is 2.25 bits per heavy atom. The Morgan fingerprint density at radius 1 is 1.21 bits per heavy atom. The Labute approximate surface area is 144 Å². The lowest BCUT2D eigenvalue weighted by Crippen LogP contribution is -2.35. The van der Waals surface area contributed by atoms with Crippen LogP contribution < -0.4 is 4.31 Å². The number of rotatable bonds is 6. The van der Waals surface area contributed by atoms with Crippen LogP contribution in [0.2, 0.25) is 19.6 Å². The molecular formula is C16H23NO5SSi. The van der Waals surface area contributed by atoms with E-state index >= 15 is 0 Å². The van der Waals surface area contributed by atoms with Gasteiger partial charge in [0, 0.05) is 17.8 Å². The van der Waals surface area contributed by atoms with Crippen molar-refractivity contribution in [3.8, 4) is 0 Å². The molecule has 0 spiro atoms. The highest BCUT2D eigenvalue weighted by atomic mass is 32.2. The van der Waals surface area contributed by atoms with Crippen LogP contribution >= 0.6 is 0 Å². The number of nitrogens with zero attached hydrogens (tertiary/aromatic N) is 1. The van der Waals surface area contributed by atoms with Gasteiger partial charge in [-0.3, -0.25) is 0 Å². The van der Waals surface area contributed by atoms with Crippen molar-refractivity contribution >= 4 is 35.2 Å². The average Bonchev–Trinajstić information content (AvgIpc) is 2.44. The molecule has 0 bridgehead atoms. The maximum atomic E-state index is 12.7. The van der Waals surface area contributed by atoms with Gasteiger partial charge in [-0.25, -0.2) is 17.5 Å². The van der Waals surface area contributed by atoms with E-state index < -0.39 is 24.1 Å². The number of hydrogen-bond acceptors (Lipinski definition) is 5. The number of carbonyl (C=O) groups is 2. The quantitative estimate of drug-likeness (QED) is 0.437. The van der Waals surface area contributed by atoms with E-state index in [2.05, 4.69) is 4.74 Å². The van der Waals surface area contributed by atoms with Crippen molar-refractivity contribution in [3.05, 3.63) is 41.6 Å². The van der Waals surface area contributed by atoms with Gasteiger partial charge in [0.25, 0.3) is 0 Å². The van der Waals surface area contributed by atoms with Gasteiger partial charge in [-0.1, -0.05) is 25.7 Å². The molecule has 1 aromatic carbocycles. The fraction of sp³-hybridized carbons (Fsp3) is 0.375. The molecule has 132 valence electrons. The number of esters is 1. The van der Waals surface area contributed by atoms with Crippen molar-refractivity contribution in [1.29, 1.82) is 0 Å². The third-order valence-electron chi connectivity index (χ3n) is 3.22. The molecule has 24 heavy (non-hydrogen) atoms. The van der Waals surface area contributed by atoms with E-state index in [-0.39, 0.29) is 11.1 Å². The first-order chi connectivity index (χ1) is 10.9. The normalized spacial score (nSPS) is 12.2. The van der Waals surface area contributed by atoms with Gasteiger partial charge in [0.05, 0.1) is 19.1 Å². The van der Waals surface area contributed by atoms with Gasteiger partial charge < -0.3 is 9.53 Å². The van der Waals surface area contributed by atoms with Crippen LogP contribution in [-0.4, -0.2) is 41.2 Å². The second-order valence-electron chi connectivity index (χ2n) is 6.50. The highest BCUT2D eigenvalue weighted by Crippen LogP contribution is 2.28. The van der Waals surface area contributed by atoms with Crippen LogP contribution in [0.15, 0.2) is 30.5 Å². The van der Waals surface area contributed by atoms with Crippen LogP contribution in [0, 0.1) is 6.92 Å². The van der Waals surface area contributed by atoms with Crippen LogP contribution in [0.3, 0.4) is 0 Å². The summed E-state index contributed by atoms with van der Waals surface area (Å²) in [6, 6.07) is 5.02. The summed E-state index contributed by atoms with van der Waals surface area (Å²) in [5, 5.41) is -0.0578. The fourth-order valence-corrected chi connectivity index (χ4v) is 3.80. The Balaban J connectivity index is 3.59. The molecule has 0 unspecified atom stereocenters. The lowest BCUT2D eigenvalue weighted by molar-refractivity contribution is -0.134. The third kappa shape index (κ3) is 5.03. The fourth-order valence-electron chi connectivity index (χ4n) is 1.99. The molecule has 0 saturated carbocycles. The van der Waals surface area contributed by atoms with Crippen LogP contribution in [0.1, 0.15) is 15.9 Å². The molecule has 0 aliphatic rings. The first-order valence-electron chi connectivity index (χ1n) is 7.29. The molecule has 0 heterocycles. The summed E-state index contributed by atoms with van der Waals surface area (Å²) in [6.07, 6.45) is 3.13. The smallest absolute Gasteiger partial charge is 0.331 e. The van der Waals surface area contributed by atoms with Gasteiger partial charge in [0.15, 0.2) is 0 Å². The van der Waals surface area contributed by atoms with Gasteiger partial charge in [-0.15, -0.1) is 0 Å². The number of aryl methyl sites for hydroxylation is 1. The Bertz CT molecular complexity index is 778. The molecule has 8 heteroatoms. The minimum absolute atomic E-state index is 0.0578. The van der Waals surface area contributed by atoms with E-state index in [4.69, 9.17) is 0 Å². The topological polar surface area (TPSA) is 80.8 Å². The number of anilines is 1. The standard InChI is InChI=1S/C16H23NO5SSi/c1-12-7-8-13(16(19)24(4,5)6)14(11-12)17(23(3,20)21)10-9-15(18)22-2/h7-11H,1-6H3/b10-9+. The molecule has 0 aliphatic heterocycles. The molecule has 0 aromatic heterocycles. The number of carbonyl (C=O) groups excluding carboxylic acids is 2. The molecule has 0 aliphatic carbocycles. The second-order valence-corrected chi connectivity index (χ2v) is 13.3. The van der Waals surface area contributed by atoms with Crippen molar-refractivity contribution in [1.82, 2.24) is 0 Å². The number of sulfonamides is 1. The molecule has 6 nitrogen and oxygen atoms in total. The summed E-state index contributed by atoms with van der Waals surface area (Å²) < 4.78 is 29.8. The molecule has 0 amide bonds.